The Morgan fingerprint density at radius 2 is 1.73 bits per heavy atom. The Morgan fingerprint density at radius 1 is 0.973 bits per heavy atom. The lowest BCUT2D eigenvalue weighted by molar-refractivity contribution is 0.0944. The summed E-state index contributed by atoms with van der Waals surface area (Å²) in [5.74, 6) is 0.139. The second kappa shape index (κ2) is 11.3. The van der Waals surface area contributed by atoms with Gasteiger partial charge in [-0.15, -0.1) is 0 Å². The van der Waals surface area contributed by atoms with Crippen LogP contribution in [0, 0.1) is 6.92 Å². The summed E-state index contributed by atoms with van der Waals surface area (Å²) < 4.78 is 12.7. The molecule has 0 aliphatic carbocycles. The highest BCUT2D eigenvalue weighted by Gasteiger charge is 2.21. The Morgan fingerprint density at radius 3 is 2.43 bits per heavy atom. The van der Waals surface area contributed by atoms with Crippen LogP contribution in [0.3, 0.4) is 0 Å². The summed E-state index contributed by atoms with van der Waals surface area (Å²) in [5, 5.41) is 6.88. The van der Waals surface area contributed by atoms with E-state index >= 15 is 0 Å². The van der Waals surface area contributed by atoms with Crippen molar-refractivity contribution in [2.45, 2.75) is 19.9 Å². The molecule has 0 atom stereocenters. The number of hydrogen-bond acceptors (Lipinski definition) is 7. The van der Waals surface area contributed by atoms with E-state index in [0.717, 1.165) is 26.1 Å². The largest absolute Gasteiger partial charge is 0.493 e. The van der Waals surface area contributed by atoms with Gasteiger partial charge in [0.15, 0.2) is 11.5 Å². The van der Waals surface area contributed by atoms with Crippen LogP contribution >= 0.6 is 0 Å². The summed E-state index contributed by atoms with van der Waals surface area (Å²) >= 11 is 0. The first-order valence-corrected chi connectivity index (χ1v) is 11.6. The molecule has 10 nitrogen and oxygen atoms in total. The number of aromatic nitrogens is 4. The van der Waals surface area contributed by atoms with Crippen LogP contribution in [-0.4, -0.2) is 46.0 Å². The fourth-order valence-corrected chi connectivity index (χ4v) is 3.81. The molecule has 2 aromatic carbocycles. The van der Waals surface area contributed by atoms with Crippen LogP contribution in [0.1, 0.15) is 27.3 Å². The summed E-state index contributed by atoms with van der Waals surface area (Å²) in [5.41, 5.74) is 0.916. The fourth-order valence-electron chi connectivity index (χ4n) is 3.81. The zero-order valence-electron chi connectivity index (χ0n) is 20.8. The molecule has 0 bridgehead atoms. The number of rotatable bonds is 9. The van der Waals surface area contributed by atoms with E-state index in [9.17, 15) is 14.4 Å². The SMILES string of the molecule is COc1ccc(-n2nc(C(=O)NCCc3ccccn3)c(=O)n(Cc3ccccc3C)c2=O)cc1OC. The van der Waals surface area contributed by atoms with Crippen LogP contribution in [0.5, 0.6) is 11.5 Å². The zero-order chi connectivity index (χ0) is 26.4. The van der Waals surface area contributed by atoms with Crippen molar-refractivity contribution in [1.29, 1.82) is 0 Å². The highest BCUT2D eigenvalue weighted by molar-refractivity contribution is 5.91. The Hall–Kier alpha value is -4.73. The van der Waals surface area contributed by atoms with Gasteiger partial charge >= 0.3 is 5.69 Å². The van der Waals surface area contributed by atoms with Crippen molar-refractivity contribution >= 4 is 5.91 Å². The van der Waals surface area contributed by atoms with E-state index in [2.05, 4.69) is 15.4 Å². The minimum absolute atomic E-state index is 0.0195. The molecule has 1 amide bonds. The number of nitrogens with zero attached hydrogens (tertiary/aromatic N) is 4. The Bertz CT molecular complexity index is 1530. The lowest BCUT2D eigenvalue weighted by atomic mass is 10.1. The number of carbonyl (C=O) groups is 1. The smallest absolute Gasteiger partial charge is 0.352 e. The number of benzene rings is 2. The molecule has 2 heterocycles. The van der Waals surface area contributed by atoms with Crippen molar-refractivity contribution in [3.8, 4) is 17.2 Å². The van der Waals surface area contributed by atoms with Crippen LogP contribution < -0.4 is 26.0 Å². The summed E-state index contributed by atoms with van der Waals surface area (Å²) in [6.45, 7) is 2.11. The number of amides is 1. The number of carbonyl (C=O) groups excluding carboxylic acids is 1. The average Bonchev–Trinajstić information content (AvgIpc) is 2.92. The second-order valence-corrected chi connectivity index (χ2v) is 8.23. The van der Waals surface area contributed by atoms with Gasteiger partial charge in [-0.05, 0) is 42.3 Å². The molecule has 190 valence electrons. The first-order chi connectivity index (χ1) is 17.9. The molecule has 0 unspecified atom stereocenters. The van der Waals surface area contributed by atoms with Gasteiger partial charge in [0, 0.05) is 30.9 Å². The molecule has 10 heteroatoms. The summed E-state index contributed by atoms with van der Waals surface area (Å²) in [7, 11) is 2.97. The molecule has 2 aromatic heterocycles. The molecule has 4 rings (SSSR count). The third-order valence-electron chi connectivity index (χ3n) is 5.87. The van der Waals surface area contributed by atoms with Crippen molar-refractivity contribution in [3.05, 3.63) is 110 Å². The first-order valence-electron chi connectivity index (χ1n) is 11.6. The molecule has 0 aliphatic rings. The van der Waals surface area contributed by atoms with Gasteiger partial charge < -0.3 is 14.8 Å². The predicted molar refractivity (Wildman–Crippen MR) is 138 cm³/mol. The molecule has 0 aliphatic heterocycles. The summed E-state index contributed by atoms with van der Waals surface area (Å²) in [6, 6.07) is 17.7. The van der Waals surface area contributed by atoms with Gasteiger partial charge in [0.25, 0.3) is 11.5 Å². The molecule has 0 radical (unpaired) electrons. The lowest BCUT2D eigenvalue weighted by Gasteiger charge is -2.14. The predicted octanol–water partition coefficient (Wildman–Crippen LogP) is 2.14. The molecular weight excluding hydrogens is 474 g/mol. The number of hydrogen-bond donors (Lipinski definition) is 1. The average molecular weight is 502 g/mol. The molecule has 37 heavy (non-hydrogen) atoms. The van der Waals surface area contributed by atoms with Gasteiger partial charge in [-0.3, -0.25) is 19.1 Å². The molecule has 0 spiro atoms. The van der Waals surface area contributed by atoms with Gasteiger partial charge in [0.05, 0.1) is 26.5 Å². The van der Waals surface area contributed by atoms with Crippen LogP contribution in [-0.2, 0) is 13.0 Å². The highest BCUT2D eigenvalue weighted by atomic mass is 16.5. The maximum absolute atomic E-state index is 13.5. The van der Waals surface area contributed by atoms with Crippen LogP contribution in [0.25, 0.3) is 5.69 Å². The van der Waals surface area contributed by atoms with Gasteiger partial charge in [0.2, 0.25) is 5.69 Å². The number of aryl methyl sites for hydroxylation is 1. The second-order valence-electron chi connectivity index (χ2n) is 8.23. The van der Waals surface area contributed by atoms with Crippen LogP contribution in [0.4, 0.5) is 0 Å². The van der Waals surface area contributed by atoms with E-state index in [0.29, 0.717) is 23.6 Å². The Labute approximate surface area is 213 Å². The van der Waals surface area contributed by atoms with Crippen LogP contribution in [0.2, 0.25) is 0 Å². The van der Waals surface area contributed by atoms with E-state index in [1.165, 1.54) is 14.2 Å². The summed E-state index contributed by atoms with van der Waals surface area (Å²) in [4.78, 5) is 44.2. The van der Waals surface area contributed by atoms with Crippen molar-refractivity contribution in [2.75, 3.05) is 20.8 Å². The Kier molecular flexibility index (Phi) is 7.77. The van der Waals surface area contributed by atoms with Crippen molar-refractivity contribution in [3.63, 3.8) is 0 Å². The van der Waals surface area contributed by atoms with Crippen molar-refractivity contribution in [1.82, 2.24) is 24.6 Å². The highest BCUT2D eigenvalue weighted by Crippen LogP contribution is 2.28. The van der Waals surface area contributed by atoms with Gasteiger partial charge in [-0.2, -0.15) is 9.78 Å². The molecule has 0 saturated heterocycles. The fraction of sp³-hybridized carbons (Fsp3) is 0.222. The number of ether oxygens (including phenoxy) is 2. The van der Waals surface area contributed by atoms with Gasteiger partial charge in [-0.25, -0.2) is 4.79 Å². The lowest BCUT2D eigenvalue weighted by Crippen LogP contribution is -2.46. The van der Waals surface area contributed by atoms with E-state index in [4.69, 9.17) is 9.47 Å². The molecule has 4 aromatic rings. The minimum Gasteiger partial charge on any atom is -0.493 e. The van der Waals surface area contributed by atoms with Gasteiger partial charge in [0.1, 0.15) is 0 Å². The maximum Gasteiger partial charge on any atom is 0.352 e. The normalized spacial score (nSPS) is 10.7. The van der Waals surface area contributed by atoms with Gasteiger partial charge in [-0.1, -0.05) is 30.3 Å². The van der Waals surface area contributed by atoms with E-state index in [1.54, 1.807) is 30.5 Å². The monoisotopic (exact) mass is 501 g/mol. The first kappa shape index (κ1) is 25.4. The standard InChI is InChI=1S/C27H27N5O5/c1-18-8-4-5-9-19(18)17-31-26(34)24(25(33)29-15-13-20-10-6-7-14-28-20)30-32(27(31)35)21-11-12-22(36-2)23(16-21)37-3/h4-12,14,16H,13,15,17H2,1-3H3,(H,29,33). The number of methoxy groups -OCH3 is 2. The zero-order valence-corrected chi connectivity index (χ0v) is 20.8. The maximum atomic E-state index is 13.5. The quantitative estimate of drug-likeness (QED) is 0.373. The topological polar surface area (TPSA) is 117 Å². The molecule has 1 N–H and O–H groups in total. The number of pyridine rings is 1. The molecule has 0 saturated carbocycles. The van der Waals surface area contributed by atoms with Crippen LogP contribution in [0.15, 0.2) is 76.4 Å². The van der Waals surface area contributed by atoms with Crippen molar-refractivity contribution in [2.24, 2.45) is 0 Å². The molecular formula is C27H27N5O5. The van der Waals surface area contributed by atoms with Crippen molar-refractivity contribution < 1.29 is 14.3 Å². The minimum atomic E-state index is -0.777. The summed E-state index contributed by atoms with van der Waals surface area (Å²) in [6.07, 6.45) is 2.14. The third-order valence-corrected chi connectivity index (χ3v) is 5.87. The molecule has 0 fully saturated rings. The third kappa shape index (κ3) is 5.58. The van der Waals surface area contributed by atoms with E-state index in [-0.39, 0.29) is 13.1 Å². The van der Waals surface area contributed by atoms with E-state index < -0.39 is 22.9 Å². The number of nitrogens with one attached hydrogen (secondary N) is 1. The Balaban J connectivity index is 1.77. The van der Waals surface area contributed by atoms with E-state index in [1.807, 2.05) is 43.3 Å².